The van der Waals surface area contributed by atoms with Gasteiger partial charge in [0.2, 0.25) is 0 Å². The Morgan fingerprint density at radius 3 is 3.00 bits per heavy atom. The molecule has 0 bridgehead atoms. The Morgan fingerprint density at radius 1 is 1.13 bits per heavy atom. The molecule has 6 nitrogen and oxygen atoms in total. The minimum atomic E-state index is 0.681. The lowest BCUT2D eigenvalue weighted by molar-refractivity contribution is 1.03. The first-order chi connectivity index (χ1) is 7.43. The maximum atomic E-state index is 4.10. The van der Waals surface area contributed by atoms with Crippen molar-refractivity contribution in [3.05, 3.63) is 30.9 Å². The molecule has 0 spiro atoms. The smallest absolute Gasteiger partial charge is 0.130 e. The number of fused-ring (bicyclic) bond motifs is 1. The van der Waals surface area contributed by atoms with Crippen LogP contribution >= 0.6 is 0 Å². The Bertz CT molecular complexity index is 588. The Kier molecular flexibility index (Phi) is 1.64. The molecule has 0 atom stereocenters. The zero-order chi connectivity index (χ0) is 10.1. The Hall–Kier alpha value is -2.37. The molecule has 0 aromatic carbocycles. The SMILES string of the molecule is c1cc(-c2cc3ncncc3nn2)[nH]n1. The fourth-order valence-electron chi connectivity index (χ4n) is 1.32. The van der Waals surface area contributed by atoms with E-state index in [0.29, 0.717) is 5.52 Å². The lowest BCUT2D eigenvalue weighted by atomic mass is 10.3. The van der Waals surface area contributed by atoms with E-state index in [1.54, 1.807) is 12.4 Å². The van der Waals surface area contributed by atoms with E-state index < -0.39 is 0 Å². The summed E-state index contributed by atoms with van der Waals surface area (Å²) in [6.45, 7) is 0. The molecule has 3 aromatic rings. The first-order valence-corrected chi connectivity index (χ1v) is 4.37. The van der Waals surface area contributed by atoms with Crippen molar-refractivity contribution in [1.82, 2.24) is 30.4 Å². The van der Waals surface area contributed by atoms with Gasteiger partial charge in [0.25, 0.3) is 0 Å². The summed E-state index contributed by atoms with van der Waals surface area (Å²) < 4.78 is 0. The summed E-state index contributed by atoms with van der Waals surface area (Å²) in [5, 5.41) is 14.7. The predicted octanol–water partition coefficient (Wildman–Crippen LogP) is 0.810. The van der Waals surface area contributed by atoms with E-state index in [9.17, 15) is 0 Å². The molecule has 6 heteroatoms. The van der Waals surface area contributed by atoms with E-state index in [0.717, 1.165) is 16.9 Å². The highest BCUT2D eigenvalue weighted by Gasteiger charge is 2.03. The van der Waals surface area contributed by atoms with Crippen molar-refractivity contribution in [3.63, 3.8) is 0 Å². The van der Waals surface area contributed by atoms with Gasteiger partial charge >= 0.3 is 0 Å². The van der Waals surface area contributed by atoms with Crippen LogP contribution in [0.4, 0.5) is 0 Å². The molecule has 0 fully saturated rings. The zero-order valence-electron chi connectivity index (χ0n) is 7.62. The second kappa shape index (κ2) is 3.09. The lowest BCUT2D eigenvalue weighted by Crippen LogP contribution is -1.91. The summed E-state index contributed by atoms with van der Waals surface area (Å²) >= 11 is 0. The summed E-state index contributed by atoms with van der Waals surface area (Å²) in [7, 11) is 0. The molecule has 3 aromatic heterocycles. The van der Waals surface area contributed by atoms with Crippen LogP contribution in [0, 0.1) is 0 Å². The highest BCUT2D eigenvalue weighted by Crippen LogP contribution is 2.15. The van der Waals surface area contributed by atoms with E-state index >= 15 is 0 Å². The van der Waals surface area contributed by atoms with Crippen molar-refractivity contribution in [1.29, 1.82) is 0 Å². The molecule has 3 rings (SSSR count). The van der Waals surface area contributed by atoms with E-state index in [-0.39, 0.29) is 0 Å². The van der Waals surface area contributed by atoms with E-state index in [1.165, 1.54) is 6.33 Å². The number of nitrogens with zero attached hydrogens (tertiary/aromatic N) is 5. The fourth-order valence-corrected chi connectivity index (χ4v) is 1.32. The molecule has 0 radical (unpaired) electrons. The van der Waals surface area contributed by atoms with Crippen LogP contribution in [0.1, 0.15) is 0 Å². The van der Waals surface area contributed by atoms with Crippen LogP contribution in [0.5, 0.6) is 0 Å². The van der Waals surface area contributed by atoms with Crippen LogP contribution in [0.2, 0.25) is 0 Å². The topological polar surface area (TPSA) is 80.2 Å². The largest absolute Gasteiger partial charge is 0.276 e. The average Bonchev–Trinajstić information content (AvgIpc) is 2.82. The highest BCUT2D eigenvalue weighted by molar-refractivity contribution is 5.75. The maximum Gasteiger partial charge on any atom is 0.130 e. The first kappa shape index (κ1) is 7.98. The second-order valence-electron chi connectivity index (χ2n) is 2.99. The minimum Gasteiger partial charge on any atom is -0.276 e. The van der Waals surface area contributed by atoms with Gasteiger partial charge in [-0.15, -0.1) is 10.2 Å². The summed E-state index contributed by atoms with van der Waals surface area (Å²) in [6, 6.07) is 3.68. The second-order valence-corrected chi connectivity index (χ2v) is 2.99. The molecule has 0 saturated heterocycles. The van der Waals surface area contributed by atoms with Gasteiger partial charge in [-0.1, -0.05) is 0 Å². The maximum absolute atomic E-state index is 4.10. The number of hydrogen-bond acceptors (Lipinski definition) is 5. The minimum absolute atomic E-state index is 0.681. The van der Waals surface area contributed by atoms with Crippen molar-refractivity contribution < 1.29 is 0 Å². The molecule has 0 unspecified atom stereocenters. The molecule has 72 valence electrons. The van der Waals surface area contributed by atoms with Crippen molar-refractivity contribution in [2.24, 2.45) is 0 Å². The summed E-state index contributed by atoms with van der Waals surface area (Å²) in [5.41, 5.74) is 2.99. The van der Waals surface area contributed by atoms with E-state index in [2.05, 4.69) is 30.4 Å². The van der Waals surface area contributed by atoms with Gasteiger partial charge in [-0.05, 0) is 12.1 Å². The molecule has 3 heterocycles. The third-order valence-corrected chi connectivity index (χ3v) is 2.04. The summed E-state index contributed by atoms with van der Waals surface area (Å²) in [6.07, 6.45) is 4.79. The Morgan fingerprint density at radius 2 is 2.13 bits per heavy atom. The Balaban J connectivity index is 2.22. The van der Waals surface area contributed by atoms with E-state index in [1.807, 2.05) is 12.1 Å². The van der Waals surface area contributed by atoms with Crippen LogP contribution in [0.25, 0.3) is 22.4 Å². The molecular weight excluding hydrogens is 192 g/mol. The third-order valence-electron chi connectivity index (χ3n) is 2.04. The van der Waals surface area contributed by atoms with Gasteiger partial charge in [-0.3, -0.25) is 5.10 Å². The van der Waals surface area contributed by atoms with Crippen LogP contribution in [0.3, 0.4) is 0 Å². The zero-order valence-corrected chi connectivity index (χ0v) is 7.62. The molecule has 0 aliphatic rings. The molecule has 0 aliphatic carbocycles. The van der Waals surface area contributed by atoms with Crippen molar-refractivity contribution >= 4 is 11.0 Å². The van der Waals surface area contributed by atoms with Gasteiger partial charge in [-0.25, -0.2) is 9.97 Å². The first-order valence-electron chi connectivity index (χ1n) is 4.37. The van der Waals surface area contributed by atoms with Crippen molar-refractivity contribution in [3.8, 4) is 11.4 Å². The van der Waals surface area contributed by atoms with Gasteiger partial charge in [0, 0.05) is 6.20 Å². The Labute approximate surface area is 84.4 Å². The molecule has 0 amide bonds. The summed E-state index contributed by atoms with van der Waals surface area (Å²) in [5.74, 6) is 0. The van der Waals surface area contributed by atoms with Crippen molar-refractivity contribution in [2.75, 3.05) is 0 Å². The third kappa shape index (κ3) is 1.32. The van der Waals surface area contributed by atoms with Crippen LogP contribution in [-0.2, 0) is 0 Å². The van der Waals surface area contributed by atoms with Crippen LogP contribution in [0.15, 0.2) is 30.9 Å². The quantitative estimate of drug-likeness (QED) is 0.625. The predicted molar refractivity (Wildman–Crippen MR) is 52.7 cm³/mol. The van der Waals surface area contributed by atoms with E-state index in [4.69, 9.17) is 0 Å². The van der Waals surface area contributed by atoms with Crippen LogP contribution in [-0.4, -0.2) is 30.4 Å². The monoisotopic (exact) mass is 198 g/mol. The normalized spacial score (nSPS) is 10.7. The molecular formula is C9H6N6. The number of rotatable bonds is 1. The standard InChI is InChI=1S/C9H6N6/c1-2-12-13-6(1)8-3-7-9(15-14-8)4-10-5-11-7/h1-5H,(H,12,13). The number of hydrogen-bond donors (Lipinski definition) is 1. The fraction of sp³-hybridized carbons (Fsp3) is 0. The highest BCUT2D eigenvalue weighted by atomic mass is 15.2. The average molecular weight is 198 g/mol. The number of aromatic nitrogens is 6. The molecule has 15 heavy (non-hydrogen) atoms. The van der Waals surface area contributed by atoms with Gasteiger partial charge in [0.05, 0.1) is 17.4 Å². The number of nitrogens with one attached hydrogen (secondary N) is 1. The van der Waals surface area contributed by atoms with Crippen LogP contribution < -0.4 is 0 Å². The van der Waals surface area contributed by atoms with Gasteiger partial charge in [0.15, 0.2) is 0 Å². The number of H-pyrrole nitrogens is 1. The van der Waals surface area contributed by atoms with Gasteiger partial charge < -0.3 is 0 Å². The van der Waals surface area contributed by atoms with Gasteiger partial charge in [-0.2, -0.15) is 5.10 Å². The molecule has 1 N–H and O–H groups in total. The van der Waals surface area contributed by atoms with Crippen molar-refractivity contribution in [2.45, 2.75) is 0 Å². The lowest BCUT2D eigenvalue weighted by Gasteiger charge is -1.97. The molecule has 0 saturated carbocycles. The number of aromatic amines is 1. The summed E-state index contributed by atoms with van der Waals surface area (Å²) in [4.78, 5) is 7.98. The van der Waals surface area contributed by atoms with Gasteiger partial charge in [0.1, 0.15) is 17.5 Å². The molecule has 0 aliphatic heterocycles.